The van der Waals surface area contributed by atoms with Crippen LogP contribution in [0.25, 0.3) is 0 Å². The molecule has 0 aromatic heterocycles. The van der Waals surface area contributed by atoms with Crippen LogP contribution in [-0.2, 0) is 5.54 Å². The molecule has 0 saturated heterocycles. The van der Waals surface area contributed by atoms with Crippen LogP contribution < -0.4 is 5.73 Å². The van der Waals surface area contributed by atoms with Gasteiger partial charge in [0.25, 0.3) is 0 Å². The molecule has 0 amide bonds. The van der Waals surface area contributed by atoms with E-state index in [1.807, 2.05) is 13.0 Å². The molecule has 2 rings (SSSR count). The summed E-state index contributed by atoms with van der Waals surface area (Å²) in [6, 6.07) is 4.89. The van der Waals surface area contributed by atoms with Crippen LogP contribution in [0.5, 0.6) is 0 Å². The first-order valence-corrected chi connectivity index (χ1v) is 5.13. The molecule has 0 aliphatic heterocycles. The van der Waals surface area contributed by atoms with Gasteiger partial charge in [-0.1, -0.05) is 19.4 Å². The zero-order valence-electron chi connectivity index (χ0n) is 8.68. The zero-order chi connectivity index (χ0) is 10.3. The lowest BCUT2D eigenvalue weighted by atomic mass is 9.97. The summed E-state index contributed by atoms with van der Waals surface area (Å²) in [6.45, 7) is 4.13. The van der Waals surface area contributed by atoms with Gasteiger partial charge < -0.3 is 5.73 Å². The highest BCUT2D eigenvalue weighted by molar-refractivity contribution is 5.38. The number of halogens is 1. The Hall–Kier alpha value is -0.890. The Bertz CT molecular complexity index is 361. The summed E-state index contributed by atoms with van der Waals surface area (Å²) in [5.74, 6) is 0.347. The van der Waals surface area contributed by atoms with E-state index in [1.165, 1.54) is 6.07 Å². The van der Waals surface area contributed by atoms with Crippen molar-refractivity contribution in [3.8, 4) is 0 Å². The number of rotatable bonds is 2. The van der Waals surface area contributed by atoms with Crippen LogP contribution in [0.3, 0.4) is 0 Å². The molecule has 14 heavy (non-hydrogen) atoms. The highest BCUT2D eigenvalue weighted by atomic mass is 19.1. The molecule has 0 heterocycles. The standard InChI is InChI=1S/C12H16FN/c1-3-9-7-12(9,14)11-6-10(13)5-4-8(11)2/h4-6,9H,3,7,14H2,1-2H3. The molecule has 1 aromatic carbocycles. The molecule has 1 nitrogen and oxygen atoms in total. The van der Waals surface area contributed by atoms with Gasteiger partial charge in [0, 0.05) is 5.54 Å². The molecule has 1 aliphatic rings. The fourth-order valence-corrected chi connectivity index (χ4v) is 2.28. The monoisotopic (exact) mass is 193 g/mol. The van der Waals surface area contributed by atoms with E-state index in [4.69, 9.17) is 5.73 Å². The largest absolute Gasteiger partial charge is 0.321 e. The van der Waals surface area contributed by atoms with E-state index < -0.39 is 0 Å². The van der Waals surface area contributed by atoms with Crippen LogP contribution in [0.4, 0.5) is 4.39 Å². The number of benzene rings is 1. The molecule has 76 valence electrons. The van der Waals surface area contributed by atoms with Gasteiger partial charge in [0.2, 0.25) is 0 Å². The number of hydrogen-bond acceptors (Lipinski definition) is 1. The molecular formula is C12H16FN. The second kappa shape index (κ2) is 3.06. The van der Waals surface area contributed by atoms with E-state index in [1.54, 1.807) is 6.07 Å². The first-order chi connectivity index (χ1) is 6.58. The molecule has 1 saturated carbocycles. The Labute approximate surface area is 84.1 Å². The summed E-state index contributed by atoms with van der Waals surface area (Å²) >= 11 is 0. The SMILES string of the molecule is CCC1CC1(N)c1cc(F)ccc1C. The number of aryl methyl sites for hydroxylation is 1. The van der Waals surface area contributed by atoms with Crippen molar-refractivity contribution >= 4 is 0 Å². The smallest absolute Gasteiger partial charge is 0.123 e. The molecule has 0 spiro atoms. The minimum absolute atomic E-state index is 0.183. The predicted octanol–water partition coefficient (Wildman–Crippen LogP) is 2.72. The van der Waals surface area contributed by atoms with E-state index in [9.17, 15) is 4.39 Å². The molecule has 2 N–H and O–H groups in total. The third kappa shape index (κ3) is 1.34. The molecule has 2 unspecified atom stereocenters. The second-order valence-corrected chi connectivity index (χ2v) is 4.31. The molecule has 1 aromatic rings. The third-order valence-corrected chi connectivity index (χ3v) is 3.35. The average molecular weight is 193 g/mol. The van der Waals surface area contributed by atoms with Crippen LogP contribution in [0, 0.1) is 18.7 Å². The van der Waals surface area contributed by atoms with Crippen molar-refractivity contribution in [3.05, 3.63) is 35.1 Å². The first-order valence-electron chi connectivity index (χ1n) is 5.13. The van der Waals surface area contributed by atoms with Gasteiger partial charge in [-0.3, -0.25) is 0 Å². The summed E-state index contributed by atoms with van der Waals surface area (Å²) in [6.07, 6.45) is 2.07. The van der Waals surface area contributed by atoms with Crippen molar-refractivity contribution in [2.75, 3.05) is 0 Å². The average Bonchev–Trinajstić information content (AvgIpc) is 2.83. The third-order valence-electron chi connectivity index (χ3n) is 3.35. The maximum atomic E-state index is 13.1. The van der Waals surface area contributed by atoms with Gasteiger partial charge in [-0.05, 0) is 42.5 Å². The van der Waals surface area contributed by atoms with Crippen molar-refractivity contribution < 1.29 is 4.39 Å². The van der Waals surface area contributed by atoms with Crippen molar-refractivity contribution in [1.29, 1.82) is 0 Å². The minimum Gasteiger partial charge on any atom is -0.321 e. The summed E-state index contributed by atoms with van der Waals surface area (Å²) in [5.41, 5.74) is 8.07. The molecule has 1 fully saturated rings. The fourth-order valence-electron chi connectivity index (χ4n) is 2.28. The number of nitrogens with two attached hydrogens (primary N) is 1. The van der Waals surface area contributed by atoms with Crippen molar-refractivity contribution in [2.45, 2.75) is 32.2 Å². The fraction of sp³-hybridized carbons (Fsp3) is 0.500. The normalized spacial score (nSPS) is 30.4. The van der Waals surface area contributed by atoms with Gasteiger partial charge in [0.1, 0.15) is 5.82 Å². The van der Waals surface area contributed by atoms with E-state index >= 15 is 0 Å². The molecular weight excluding hydrogens is 177 g/mol. The molecule has 1 aliphatic carbocycles. The topological polar surface area (TPSA) is 26.0 Å². The maximum Gasteiger partial charge on any atom is 0.123 e. The second-order valence-electron chi connectivity index (χ2n) is 4.31. The molecule has 0 radical (unpaired) electrons. The lowest BCUT2D eigenvalue weighted by molar-refractivity contribution is 0.590. The minimum atomic E-state index is -0.249. The van der Waals surface area contributed by atoms with E-state index in [2.05, 4.69) is 6.92 Å². The van der Waals surface area contributed by atoms with Gasteiger partial charge in [-0.25, -0.2) is 4.39 Å². The van der Waals surface area contributed by atoms with Gasteiger partial charge in [-0.2, -0.15) is 0 Å². The maximum absolute atomic E-state index is 13.1. The summed E-state index contributed by atoms with van der Waals surface area (Å²) in [7, 11) is 0. The Morgan fingerprint density at radius 3 is 2.86 bits per heavy atom. The molecule has 2 atom stereocenters. The van der Waals surface area contributed by atoms with Crippen LogP contribution in [0.15, 0.2) is 18.2 Å². The number of hydrogen-bond donors (Lipinski definition) is 1. The van der Waals surface area contributed by atoms with Crippen LogP contribution in [-0.4, -0.2) is 0 Å². The van der Waals surface area contributed by atoms with Crippen molar-refractivity contribution in [1.82, 2.24) is 0 Å². The Morgan fingerprint density at radius 1 is 1.57 bits per heavy atom. The van der Waals surface area contributed by atoms with Crippen LogP contribution in [0.2, 0.25) is 0 Å². The van der Waals surface area contributed by atoms with E-state index in [0.717, 1.165) is 24.0 Å². The van der Waals surface area contributed by atoms with Gasteiger partial charge in [0.05, 0.1) is 0 Å². The Kier molecular flexibility index (Phi) is 2.11. The molecule has 2 heteroatoms. The van der Waals surface area contributed by atoms with Crippen molar-refractivity contribution in [2.24, 2.45) is 11.7 Å². The lowest BCUT2D eigenvalue weighted by Crippen LogP contribution is -2.23. The van der Waals surface area contributed by atoms with Crippen LogP contribution in [0.1, 0.15) is 30.9 Å². The Morgan fingerprint density at radius 2 is 2.29 bits per heavy atom. The summed E-state index contributed by atoms with van der Waals surface area (Å²) < 4.78 is 13.1. The van der Waals surface area contributed by atoms with Gasteiger partial charge >= 0.3 is 0 Å². The summed E-state index contributed by atoms with van der Waals surface area (Å²) in [4.78, 5) is 0. The summed E-state index contributed by atoms with van der Waals surface area (Å²) in [5, 5.41) is 0. The van der Waals surface area contributed by atoms with Crippen LogP contribution >= 0.6 is 0 Å². The van der Waals surface area contributed by atoms with E-state index in [-0.39, 0.29) is 11.4 Å². The predicted molar refractivity (Wildman–Crippen MR) is 55.4 cm³/mol. The highest BCUT2D eigenvalue weighted by Crippen LogP contribution is 2.52. The zero-order valence-corrected chi connectivity index (χ0v) is 8.68. The van der Waals surface area contributed by atoms with Crippen molar-refractivity contribution in [3.63, 3.8) is 0 Å². The lowest BCUT2D eigenvalue weighted by Gasteiger charge is -2.14. The van der Waals surface area contributed by atoms with Gasteiger partial charge in [0.15, 0.2) is 0 Å². The Balaban J connectivity index is 2.38. The van der Waals surface area contributed by atoms with Gasteiger partial charge in [-0.15, -0.1) is 0 Å². The first kappa shape index (κ1) is 9.66. The van der Waals surface area contributed by atoms with E-state index in [0.29, 0.717) is 5.92 Å². The molecule has 0 bridgehead atoms. The quantitative estimate of drug-likeness (QED) is 0.767. The highest BCUT2D eigenvalue weighted by Gasteiger charge is 2.51.